The molecule has 2 aromatic carbocycles. The number of halogens is 3. The highest BCUT2D eigenvalue weighted by molar-refractivity contribution is 6.39. The van der Waals surface area contributed by atoms with Crippen LogP contribution in [0.2, 0.25) is 10.0 Å². The van der Waals surface area contributed by atoms with Gasteiger partial charge in [0.05, 0.1) is 21.4 Å². The third-order valence-electron chi connectivity index (χ3n) is 2.35. The summed E-state index contributed by atoms with van der Waals surface area (Å²) >= 11 is 12.0. The maximum atomic E-state index is 13.4. The van der Waals surface area contributed by atoms with Crippen molar-refractivity contribution in [2.45, 2.75) is 0 Å². The Morgan fingerprint density at radius 1 is 1.06 bits per heavy atom. The van der Waals surface area contributed by atoms with Crippen LogP contribution in [0.1, 0.15) is 5.56 Å². The van der Waals surface area contributed by atoms with Gasteiger partial charge in [-0.2, -0.15) is 5.26 Å². The molecule has 0 spiro atoms. The number of nitrogens with one attached hydrogen (secondary N) is 1. The van der Waals surface area contributed by atoms with Crippen LogP contribution in [0.15, 0.2) is 36.4 Å². The van der Waals surface area contributed by atoms with Crippen LogP contribution in [-0.4, -0.2) is 0 Å². The molecule has 0 heterocycles. The first-order valence-electron chi connectivity index (χ1n) is 5.03. The van der Waals surface area contributed by atoms with Gasteiger partial charge in [-0.3, -0.25) is 0 Å². The average molecular weight is 281 g/mol. The highest BCUT2D eigenvalue weighted by Crippen LogP contribution is 2.33. The van der Waals surface area contributed by atoms with Crippen LogP contribution in [0.25, 0.3) is 0 Å². The molecule has 0 saturated heterocycles. The molecule has 0 bridgehead atoms. The Morgan fingerprint density at radius 3 is 2.28 bits per heavy atom. The van der Waals surface area contributed by atoms with Crippen LogP contribution in [0.4, 0.5) is 15.8 Å². The van der Waals surface area contributed by atoms with Crippen molar-refractivity contribution >= 4 is 34.6 Å². The lowest BCUT2D eigenvalue weighted by Crippen LogP contribution is -1.97. The predicted octanol–water partition coefficient (Wildman–Crippen LogP) is 4.75. The van der Waals surface area contributed by atoms with Crippen LogP contribution in [-0.2, 0) is 0 Å². The second-order valence-electron chi connectivity index (χ2n) is 3.50. The quantitative estimate of drug-likeness (QED) is 0.862. The third-order valence-corrected chi connectivity index (χ3v) is 2.98. The van der Waals surface area contributed by atoms with Crippen LogP contribution in [0.5, 0.6) is 0 Å². The predicted molar refractivity (Wildman–Crippen MR) is 70.9 cm³/mol. The smallest absolute Gasteiger partial charge is 0.143 e. The number of benzene rings is 2. The normalized spacial score (nSPS) is 9.89. The summed E-state index contributed by atoms with van der Waals surface area (Å²) in [6.45, 7) is 0. The molecule has 0 saturated carbocycles. The molecule has 1 N–H and O–H groups in total. The Kier molecular flexibility index (Phi) is 3.71. The zero-order valence-electron chi connectivity index (χ0n) is 9.05. The van der Waals surface area contributed by atoms with E-state index < -0.39 is 5.82 Å². The summed E-state index contributed by atoms with van der Waals surface area (Å²) in [7, 11) is 0. The summed E-state index contributed by atoms with van der Waals surface area (Å²) in [5.74, 6) is -0.592. The lowest BCUT2D eigenvalue weighted by atomic mass is 10.1. The van der Waals surface area contributed by atoms with E-state index in [1.165, 1.54) is 12.1 Å². The molecule has 2 aromatic rings. The van der Waals surface area contributed by atoms with Gasteiger partial charge in [-0.15, -0.1) is 0 Å². The molecule has 0 amide bonds. The molecule has 0 atom stereocenters. The molecule has 0 aliphatic rings. The SMILES string of the molecule is N#Cc1c(F)cccc1Nc1c(Cl)cccc1Cl. The van der Waals surface area contributed by atoms with Crippen molar-refractivity contribution in [3.8, 4) is 6.07 Å². The molecule has 18 heavy (non-hydrogen) atoms. The second-order valence-corrected chi connectivity index (χ2v) is 4.31. The molecule has 0 aliphatic heterocycles. The van der Waals surface area contributed by atoms with Crippen molar-refractivity contribution in [1.82, 2.24) is 0 Å². The van der Waals surface area contributed by atoms with Crippen molar-refractivity contribution in [2.75, 3.05) is 5.32 Å². The Balaban J connectivity index is 2.48. The lowest BCUT2D eigenvalue weighted by Gasteiger charge is -2.11. The van der Waals surface area contributed by atoms with E-state index in [0.29, 0.717) is 21.4 Å². The first kappa shape index (κ1) is 12.7. The maximum Gasteiger partial charge on any atom is 0.143 e. The fourth-order valence-corrected chi connectivity index (χ4v) is 1.99. The number of para-hydroxylation sites is 1. The fraction of sp³-hybridized carbons (Fsp3) is 0. The largest absolute Gasteiger partial charge is 0.352 e. The first-order valence-corrected chi connectivity index (χ1v) is 5.78. The molecule has 0 unspecified atom stereocenters. The standard InChI is InChI=1S/C13H7Cl2FN2/c14-9-3-1-4-10(15)13(9)18-12-6-2-5-11(16)8(12)7-17/h1-6,18H. The summed E-state index contributed by atoms with van der Waals surface area (Å²) in [5.41, 5.74) is 0.698. The van der Waals surface area contributed by atoms with Gasteiger partial charge >= 0.3 is 0 Å². The Bertz CT molecular complexity index is 615. The van der Waals surface area contributed by atoms with E-state index in [0.717, 1.165) is 0 Å². The van der Waals surface area contributed by atoms with Crippen molar-refractivity contribution in [3.63, 3.8) is 0 Å². The molecule has 90 valence electrons. The zero-order chi connectivity index (χ0) is 13.1. The van der Waals surface area contributed by atoms with Crippen LogP contribution < -0.4 is 5.32 Å². The fourth-order valence-electron chi connectivity index (χ4n) is 1.49. The van der Waals surface area contributed by atoms with Gasteiger partial charge in [0, 0.05) is 0 Å². The number of nitrogens with zero attached hydrogens (tertiary/aromatic N) is 1. The minimum Gasteiger partial charge on any atom is -0.352 e. The van der Waals surface area contributed by atoms with Crippen molar-refractivity contribution in [1.29, 1.82) is 5.26 Å². The van der Waals surface area contributed by atoms with Gasteiger partial charge in [0.1, 0.15) is 17.4 Å². The molecular weight excluding hydrogens is 274 g/mol. The number of anilines is 2. The van der Waals surface area contributed by atoms with Gasteiger partial charge in [0.2, 0.25) is 0 Å². The number of nitriles is 1. The highest BCUT2D eigenvalue weighted by atomic mass is 35.5. The summed E-state index contributed by atoms with van der Waals surface area (Å²) in [4.78, 5) is 0. The molecule has 2 rings (SSSR count). The minimum atomic E-state index is -0.592. The summed E-state index contributed by atoms with van der Waals surface area (Å²) in [5, 5.41) is 12.6. The van der Waals surface area contributed by atoms with Gasteiger partial charge in [-0.05, 0) is 24.3 Å². The van der Waals surface area contributed by atoms with E-state index in [2.05, 4.69) is 5.32 Å². The number of rotatable bonds is 2. The topological polar surface area (TPSA) is 35.8 Å². The first-order chi connectivity index (χ1) is 8.63. The summed E-state index contributed by atoms with van der Waals surface area (Å²) < 4.78 is 13.4. The summed E-state index contributed by atoms with van der Waals surface area (Å²) in [6.07, 6.45) is 0. The van der Waals surface area contributed by atoms with Gasteiger partial charge in [-0.1, -0.05) is 35.3 Å². The van der Waals surface area contributed by atoms with E-state index >= 15 is 0 Å². The van der Waals surface area contributed by atoms with Gasteiger partial charge < -0.3 is 5.32 Å². The van der Waals surface area contributed by atoms with Crippen LogP contribution in [0.3, 0.4) is 0 Å². The Morgan fingerprint density at radius 2 is 1.67 bits per heavy atom. The van der Waals surface area contributed by atoms with Crippen LogP contribution >= 0.6 is 23.2 Å². The van der Waals surface area contributed by atoms with Gasteiger partial charge in [-0.25, -0.2) is 4.39 Å². The monoisotopic (exact) mass is 280 g/mol. The van der Waals surface area contributed by atoms with E-state index in [9.17, 15) is 4.39 Å². The minimum absolute atomic E-state index is 0.0755. The Hall–Kier alpha value is -1.76. The molecule has 5 heteroatoms. The van der Waals surface area contributed by atoms with Crippen molar-refractivity contribution in [2.24, 2.45) is 0 Å². The lowest BCUT2D eigenvalue weighted by molar-refractivity contribution is 0.624. The number of hydrogen-bond acceptors (Lipinski definition) is 2. The van der Waals surface area contributed by atoms with Gasteiger partial charge in [0.15, 0.2) is 0 Å². The molecule has 0 fully saturated rings. The van der Waals surface area contributed by atoms with E-state index in [4.69, 9.17) is 28.5 Å². The average Bonchev–Trinajstić information content (AvgIpc) is 2.34. The van der Waals surface area contributed by atoms with Gasteiger partial charge in [0.25, 0.3) is 0 Å². The summed E-state index contributed by atoms with van der Waals surface area (Å²) in [6, 6.07) is 11.1. The Labute approximate surface area is 114 Å². The molecule has 0 aliphatic carbocycles. The highest BCUT2D eigenvalue weighted by Gasteiger charge is 2.11. The third kappa shape index (κ3) is 2.40. The molecular formula is C13H7Cl2FN2. The maximum absolute atomic E-state index is 13.4. The number of hydrogen-bond donors (Lipinski definition) is 1. The van der Waals surface area contributed by atoms with Crippen LogP contribution in [0, 0.1) is 17.1 Å². The second kappa shape index (κ2) is 5.26. The molecule has 0 aromatic heterocycles. The van der Waals surface area contributed by atoms with Crippen molar-refractivity contribution < 1.29 is 4.39 Å². The molecule has 2 nitrogen and oxygen atoms in total. The molecule has 0 radical (unpaired) electrons. The zero-order valence-corrected chi connectivity index (χ0v) is 10.6. The van der Waals surface area contributed by atoms with E-state index in [1.807, 2.05) is 0 Å². The van der Waals surface area contributed by atoms with Crippen molar-refractivity contribution in [3.05, 3.63) is 57.8 Å². The van der Waals surface area contributed by atoms with E-state index in [1.54, 1.807) is 30.3 Å². The van der Waals surface area contributed by atoms with E-state index in [-0.39, 0.29) is 5.56 Å².